The molecular formula is C33H54O6. The van der Waals surface area contributed by atoms with E-state index in [1.54, 1.807) is 0 Å². The molecule has 6 nitrogen and oxygen atoms in total. The average molecular weight is 547 g/mol. The van der Waals surface area contributed by atoms with Crippen LogP contribution in [0.4, 0.5) is 0 Å². The van der Waals surface area contributed by atoms with Crippen molar-refractivity contribution in [3.8, 4) is 0 Å². The summed E-state index contributed by atoms with van der Waals surface area (Å²) in [6.45, 7) is 12.0. The summed E-state index contributed by atoms with van der Waals surface area (Å²) in [6.07, 6.45) is 13.8. The Bertz CT molecular complexity index is 800. The molecule has 0 aliphatic heterocycles. The molecule has 2 aliphatic rings. The number of carbonyl (C=O) groups is 4. The molecule has 2 rings (SSSR count). The summed E-state index contributed by atoms with van der Waals surface area (Å²) in [5.74, 6) is -1.16. The summed E-state index contributed by atoms with van der Waals surface area (Å²) in [5.41, 5.74) is -0.668. The fourth-order valence-corrected chi connectivity index (χ4v) is 5.39. The van der Waals surface area contributed by atoms with Gasteiger partial charge in [0.2, 0.25) is 0 Å². The lowest BCUT2D eigenvalue weighted by atomic mass is 9.73. The molecule has 222 valence electrons. The van der Waals surface area contributed by atoms with E-state index in [4.69, 9.17) is 0 Å². The summed E-state index contributed by atoms with van der Waals surface area (Å²) < 4.78 is 0. The van der Waals surface area contributed by atoms with E-state index in [-0.39, 0.29) is 82.3 Å². The number of rotatable bonds is 13. The minimum Gasteiger partial charge on any atom is -0.511 e. The van der Waals surface area contributed by atoms with Gasteiger partial charge in [0.1, 0.15) is 11.5 Å². The van der Waals surface area contributed by atoms with Crippen molar-refractivity contribution in [3.63, 3.8) is 0 Å². The maximum atomic E-state index is 12.2. The highest BCUT2D eigenvalue weighted by Gasteiger charge is 2.38. The Morgan fingerprint density at radius 3 is 1.05 bits per heavy atom. The third-order valence-corrected chi connectivity index (χ3v) is 7.53. The van der Waals surface area contributed by atoms with E-state index in [0.29, 0.717) is 25.7 Å². The van der Waals surface area contributed by atoms with Gasteiger partial charge < -0.3 is 10.2 Å². The number of hydrogen-bond donors (Lipinski definition) is 2. The number of aliphatic hydroxyl groups is 2. The summed E-state index contributed by atoms with van der Waals surface area (Å²) in [4.78, 5) is 48.8. The number of hydrogen-bond acceptors (Lipinski definition) is 6. The van der Waals surface area contributed by atoms with Gasteiger partial charge in [0.25, 0.3) is 0 Å². The molecule has 2 saturated carbocycles. The van der Waals surface area contributed by atoms with E-state index in [2.05, 4.69) is 13.8 Å². The van der Waals surface area contributed by atoms with Crippen LogP contribution in [0.25, 0.3) is 0 Å². The van der Waals surface area contributed by atoms with Crippen LogP contribution in [0.5, 0.6) is 0 Å². The second-order valence-electron chi connectivity index (χ2n) is 13.1. The number of ketones is 4. The average Bonchev–Trinajstić information content (AvgIpc) is 2.79. The van der Waals surface area contributed by atoms with Crippen molar-refractivity contribution < 1.29 is 29.4 Å². The molecule has 0 heterocycles. The molecule has 0 radical (unpaired) electrons. The summed E-state index contributed by atoms with van der Waals surface area (Å²) in [6, 6.07) is 0. The molecule has 2 N–H and O–H groups in total. The van der Waals surface area contributed by atoms with Gasteiger partial charge in [-0.2, -0.15) is 0 Å². The van der Waals surface area contributed by atoms with Crippen LogP contribution in [-0.2, 0) is 19.2 Å². The Morgan fingerprint density at radius 2 is 0.769 bits per heavy atom. The zero-order valence-electron chi connectivity index (χ0n) is 25.5. The molecule has 6 heteroatoms. The molecular weight excluding hydrogens is 492 g/mol. The second kappa shape index (κ2) is 16.8. The number of carbonyl (C=O) groups excluding carboxylic acids is 4. The third-order valence-electron chi connectivity index (χ3n) is 7.53. The molecule has 0 unspecified atom stereocenters. The van der Waals surface area contributed by atoms with Gasteiger partial charge in [-0.05, 0) is 23.7 Å². The highest BCUT2D eigenvalue weighted by atomic mass is 16.3. The fraction of sp³-hybridized carbons (Fsp3) is 0.758. The molecule has 0 bridgehead atoms. The first-order valence-electron chi connectivity index (χ1n) is 15.2. The van der Waals surface area contributed by atoms with Gasteiger partial charge in [-0.3, -0.25) is 19.2 Å². The van der Waals surface area contributed by atoms with E-state index in [1.165, 1.54) is 32.1 Å². The van der Waals surface area contributed by atoms with Gasteiger partial charge in [-0.15, -0.1) is 0 Å². The van der Waals surface area contributed by atoms with Crippen molar-refractivity contribution in [3.05, 3.63) is 22.7 Å². The van der Waals surface area contributed by atoms with Gasteiger partial charge in [-0.1, -0.05) is 99.3 Å². The van der Waals surface area contributed by atoms with Crippen LogP contribution in [0.3, 0.4) is 0 Å². The van der Waals surface area contributed by atoms with Crippen molar-refractivity contribution in [2.75, 3.05) is 0 Å². The third kappa shape index (κ3) is 12.7. The highest BCUT2D eigenvalue weighted by molar-refractivity contribution is 6.23. The molecule has 0 aromatic carbocycles. The SMILES string of the molecule is CC1(C)CC(=O)C(=C(O)CCCCCCCCC(O)=C2C(=O)CC(C)(C)CC2=O)C(=O)C1.CCCCCCC. The number of aliphatic hydroxyl groups excluding tert-OH is 2. The van der Waals surface area contributed by atoms with Crippen molar-refractivity contribution in [2.45, 2.75) is 151 Å². The topological polar surface area (TPSA) is 109 Å². The van der Waals surface area contributed by atoms with E-state index in [0.717, 1.165) is 25.7 Å². The van der Waals surface area contributed by atoms with Crippen molar-refractivity contribution in [1.29, 1.82) is 0 Å². The summed E-state index contributed by atoms with van der Waals surface area (Å²) in [5, 5.41) is 20.5. The maximum absolute atomic E-state index is 12.2. The van der Waals surface area contributed by atoms with Crippen LogP contribution in [-0.4, -0.2) is 33.3 Å². The standard InChI is InChI=1S/C26H38O6.C7H16/c1-25(2)13-19(29)23(20(30)14-25)17(27)11-9-7-5-6-8-10-12-18(28)24-21(31)15-26(3,4)16-22(24)32;1-3-5-7-6-4-2/h27-28H,5-16H2,1-4H3;3-7H2,1-2H3. The van der Waals surface area contributed by atoms with Gasteiger partial charge in [0, 0.05) is 38.5 Å². The van der Waals surface area contributed by atoms with E-state index in [9.17, 15) is 29.4 Å². The molecule has 39 heavy (non-hydrogen) atoms. The predicted octanol–water partition coefficient (Wildman–Crippen LogP) is 8.62. The quantitative estimate of drug-likeness (QED) is 0.104. The first kappa shape index (κ1) is 34.8. The molecule has 2 fully saturated rings. The zero-order valence-corrected chi connectivity index (χ0v) is 25.5. The Hall–Kier alpha value is -2.24. The maximum Gasteiger partial charge on any atom is 0.170 e. The molecule has 0 aromatic rings. The highest BCUT2D eigenvalue weighted by Crippen LogP contribution is 2.36. The van der Waals surface area contributed by atoms with Crippen LogP contribution in [0.1, 0.15) is 151 Å². The lowest BCUT2D eigenvalue weighted by molar-refractivity contribution is -0.129. The molecule has 0 spiro atoms. The van der Waals surface area contributed by atoms with Crippen LogP contribution in [0.2, 0.25) is 0 Å². The largest absolute Gasteiger partial charge is 0.511 e. The van der Waals surface area contributed by atoms with E-state index >= 15 is 0 Å². The summed E-state index contributed by atoms with van der Waals surface area (Å²) >= 11 is 0. The molecule has 0 aromatic heterocycles. The van der Waals surface area contributed by atoms with Gasteiger partial charge in [0.05, 0.1) is 11.1 Å². The number of unbranched alkanes of at least 4 members (excludes halogenated alkanes) is 9. The van der Waals surface area contributed by atoms with Crippen LogP contribution >= 0.6 is 0 Å². The first-order chi connectivity index (χ1) is 18.2. The minimum absolute atomic E-state index is 0.00281. The summed E-state index contributed by atoms with van der Waals surface area (Å²) in [7, 11) is 0. The molecule has 2 aliphatic carbocycles. The van der Waals surface area contributed by atoms with Gasteiger partial charge in [0.15, 0.2) is 23.1 Å². The Morgan fingerprint density at radius 1 is 0.513 bits per heavy atom. The van der Waals surface area contributed by atoms with E-state index < -0.39 is 0 Å². The first-order valence-corrected chi connectivity index (χ1v) is 15.2. The number of Topliss-reactive ketones (excluding diaryl/α,β-unsaturated/α-hetero) is 4. The lowest BCUT2D eigenvalue weighted by Gasteiger charge is -2.28. The molecule has 0 atom stereocenters. The van der Waals surface area contributed by atoms with Crippen LogP contribution < -0.4 is 0 Å². The zero-order chi connectivity index (χ0) is 29.6. The normalized spacial score (nSPS) is 18.6. The Balaban J connectivity index is 0.000000956. The Kier molecular flexibility index (Phi) is 15.0. The lowest BCUT2D eigenvalue weighted by Crippen LogP contribution is -2.32. The van der Waals surface area contributed by atoms with E-state index in [1.807, 2.05) is 27.7 Å². The fourth-order valence-electron chi connectivity index (χ4n) is 5.39. The predicted molar refractivity (Wildman–Crippen MR) is 157 cm³/mol. The van der Waals surface area contributed by atoms with Crippen LogP contribution in [0.15, 0.2) is 22.7 Å². The van der Waals surface area contributed by atoms with Crippen molar-refractivity contribution in [2.24, 2.45) is 10.8 Å². The smallest absolute Gasteiger partial charge is 0.170 e. The monoisotopic (exact) mass is 546 g/mol. The van der Waals surface area contributed by atoms with Crippen molar-refractivity contribution in [1.82, 2.24) is 0 Å². The second-order valence-corrected chi connectivity index (χ2v) is 13.1. The van der Waals surface area contributed by atoms with Crippen LogP contribution in [0, 0.1) is 10.8 Å². The van der Waals surface area contributed by atoms with Gasteiger partial charge >= 0.3 is 0 Å². The number of allylic oxidation sites excluding steroid dienone is 4. The minimum atomic E-state index is -0.337. The molecule has 0 saturated heterocycles. The van der Waals surface area contributed by atoms with Gasteiger partial charge in [-0.25, -0.2) is 0 Å². The Labute approximate surface area is 236 Å². The van der Waals surface area contributed by atoms with Crippen molar-refractivity contribution >= 4 is 23.1 Å². The molecule has 0 amide bonds.